The fraction of sp³-hybridized carbons (Fsp3) is 0.429. The van der Waals surface area contributed by atoms with Gasteiger partial charge >= 0.3 is 0 Å². The van der Waals surface area contributed by atoms with Gasteiger partial charge in [-0.3, -0.25) is 0 Å². The monoisotopic (exact) mass is 654 g/mol. The molecule has 4 rings (SSSR count). The molecule has 1 aliphatic rings. The number of hydrogen-bond acceptors (Lipinski definition) is 4. The molecular formula is C42H54O4S. The van der Waals surface area contributed by atoms with Gasteiger partial charge in [0.25, 0.3) is 0 Å². The molecule has 47 heavy (non-hydrogen) atoms. The fourth-order valence-electron chi connectivity index (χ4n) is 5.51. The second-order valence-corrected chi connectivity index (χ2v) is 15.3. The summed E-state index contributed by atoms with van der Waals surface area (Å²) in [7, 11) is -3.28. The van der Waals surface area contributed by atoms with Gasteiger partial charge in [-0.1, -0.05) is 71.8 Å². The van der Waals surface area contributed by atoms with Gasteiger partial charge < -0.3 is 9.47 Å². The van der Waals surface area contributed by atoms with E-state index in [-0.39, 0.29) is 0 Å². The first-order valence-corrected chi connectivity index (χ1v) is 18.5. The van der Waals surface area contributed by atoms with E-state index in [0.717, 1.165) is 50.0 Å². The molecule has 4 nitrogen and oxygen atoms in total. The number of rotatable bonds is 11. The van der Waals surface area contributed by atoms with Crippen molar-refractivity contribution in [1.29, 1.82) is 0 Å². The first kappa shape index (κ1) is 37.7. The molecule has 5 heteroatoms. The lowest BCUT2D eigenvalue weighted by Crippen LogP contribution is -2.21. The van der Waals surface area contributed by atoms with Crippen molar-refractivity contribution in [2.45, 2.75) is 123 Å². The molecule has 252 valence electrons. The Hall–Kier alpha value is -3.75. The minimum absolute atomic E-state index is 0.307. The quantitative estimate of drug-likeness (QED) is 0.117. The Labute approximate surface area is 285 Å². The van der Waals surface area contributed by atoms with E-state index in [9.17, 15) is 8.42 Å². The molecule has 0 radical (unpaired) electrons. The Morgan fingerprint density at radius 2 is 1.57 bits per heavy atom. The summed E-state index contributed by atoms with van der Waals surface area (Å²) in [6, 6.07) is 18.9. The summed E-state index contributed by atoms with van der Waals surface area (Å²) < 4.78 is 37.1. The zero-order valence-electron chi connectivity index (χ0n) is 29.8. The maximum Gasteiger partial charge on any atom is 0.181 e. The molecular weight excluding hydrogens is 601 g/mol. The summed E-state index contributed by atoms with van der Waals surface area (Å²) in [4.78, 5) is 0.374. The SMILES string of the molecule is CC(C)=CCC/C(C)=C/CCC#CCC(C)S(=O)(=O)c1ccccc1.Cc1c(C)c2c(c(C)c1OCc1ccccc1)CCC(C)O2. The topological polar surface area (TPSA) is 52.6 Å². The van der Waals surface area contributed by atoms with Crippen LogP contribution in [0.25, 0.3) is 0 Å². The Morgan fingerprint density at radius 3 is 2.23 bits per heavy atom. The van der Waals surface area contributed by atoms with Crippen LogP contribution in [0, 0.1) is 32.6 Å². The van der Waals surface area contributed by atoms with Crippen molar-refractivity contribution < 1.29 is 17.9 Å². The number of ether oxygens (including phenoxy) is 2. The van der Waals surface area contributed by atoms with Crippen molar-refractivity contribution in [3.05, 3.63) is 112 Å². The van der Waals surface area contributed by atoms with Crippen molar-refractivity contribution in [1.82, 2.24) is 0 Å². The molecule has 3 aromatic rings. The van der Waals surface area contributed by atoms with Gasteiger partial charge in [0.1, 0.15) is 18.1 Å². The van der Waals surface area contributed by atoms with Gasteiger partial charge in [0, 0.05) is 18.4 Å². The lowest BCUT2D eigenvalue weighted by atomic mass is 9.92. The van der Waals surface area contributed by atoms with Crippen LogP contribution in [-0.4, -0.2) is 19.8 Å². The highest BCUT2D eigenvalue weighted by Gasteiger charge is 2.25. The lowest BCUT2D eigenvalue weighted by Gasteiger charge is -2.29. The van der Waals surface area contributed by atoms with E-state index < -0.39 is 15.1 Å². The molecule has 0 bridgehead atoms. The van der Waals surface area contributed by atoms with Crippen LogP contribution in [-0.2, 0) is 22.9 Å². The molecule has 0 aliphatic carbocycles. The maximum atomic E-state index is 12.4. The average molecular weight is 655 g/mol. The van der Waals surface area contributed by atoms with E-state index in [1.807, 2.05) is 24.3 Å². The third-order valence-corrected chi connectivity index (χ3v) is 10.8. The number of benzene rings is 3. The smallest absolute Gasteiger partial charge is 0.181 e. The van der Waals surface area contributed by atoms with Crippen LogP contribution in [0.3, 0.4) is 0 Å². The predicted octanol–water partition coefficient (Wildman–Crippen LogP) is 10.6. The van der Waals surface area contributed by atoms with Crippen molar-refractivity contribution >= 4 is 9.84 Å². The van der Waals surface area contributed by atoms with Crippen molar-refractivity contribution in [2.24, 2.45) is 0 Å². The maximum absolute atomic E-state index is 12.4. The van der Waals surface area contributed by atoms with Gasteiger partial charge in [-0.25, -0.2) is 8.42 Å². The van der Waals surface area contributed by atoms with E-state index >= 15 is 0 Å². The molecule has 0 spiro atoms. The molecule has 2 atom stereocenters. The normalized spacial score (nSPS) is 14.7. The van der Waals surface area contributed by atoms with Crippen LogP contribution >= 0.6 is 0 Å². The van der Waals surface area contributed by atoms with E-state index in [1.165, 1.54) is 39.0 Å². The number of hydrogen-bond donors (Lipinski definition) is 0. The van der Waals surface area contributed by atoms with Crippen LogP contribution in [0.1, 0.15) is 101 Å². The molecule has 0 saturated carbocycles. The molecule has 2 unspecified atom stereocenters. The third-order valence-electron chi connectivity index (χ3n) is 8.63. The van der Waals surface area contributed by atoms with Crippen molar-refractivity contribution in [3.63, 3.8) is 0 Å². The fourth-order valence-corrected chi connectivity index (χ4v) is 6.81. The van der Waals surface area contributed by atoms with Gasteiger partial charge in [-0.2, -0.15) is 0 Å². The largest absolute Gasteiger partial charge is 0.490 e. The molecule has 0 saturated heterocycles. The zero-order chi connectivity index (χ0) is 34.4. The van der Waals surface area contributed by atoms with E-state index in [0.29, 0.717) is 24.0 Å². The Bertz CT molecular complexity index is 1670. The second-order valence-electron chi connectivity index (χ2n) is 12.9. The average Bonchev–Trinajstić information content (AvgIpc) is 3.06. The van der Waals surface area contributed by atoms with Crippen LogP contribution in [0.5, 0.6) is 11.5 Å². The first-order valence-electron chi connectivity index (χ1n) is 16.9. The van der Waals surface area contributed by atoms with Crippen molar-refractivity contribution in [2.75, 3.05) is 0 Å². The van der Waals surface area contributed by atoms with Crippen LogP contribution in [0.4, 0.5) is 0 Å². The molecule has 3 aromatic carbocycles. The van der Waals surface area contributed by atoms with E-state index in [1.54, 1.807) is 31.2 Å². The first-order chi connectivity index (χ1) is 22.4. The molecule has 0 N–H and O–H groups in total. The Morgan fingerprint density at radius 1 is 0.915 bits per heavy atom. The van der Waals surface area contributed by atoms with E-state index in [2.05, 4.69) is 84.6 Å². The molecule has 1 aliphatic heterocycles. The number of unbranched alkanes of at least 4 members (excludes halogenated alkanes) is 1. The number of allylic oxidation sites excluding steroid dienone is 4. The highest BCUT2D eigenvalue weighted by atomic mass is 32.2. The lowest BCUT2D eigenvalue weighted by molar-refractivity contribution is 0.189. The van der Waals surface area contributed by atoms with Gasteiger partial charge in [0.15, 0.2) is 9.84 Å². The minimum atomic E-state index is -3.28. The number of sulfone groups is 1. The summed E-state index contributed by atoms with van der Waals surface area (Å²) in [6.45, 7) is 17.3. The van der Waals surface area contributed by atoms with Gasteiger partial charge in [-0.15, -0.1) is 11.8 Å². The second kappa shape index (κ2) is 18.6. The van der Waals surface area contributed by atoms with Crippen molar-refractivity contribution in [3.8, 4) is 23.3 Å². The summed E-state index contributed by atoms with van der Waals surface area (Å²) in [6.07, 6.45) is 11.2. The van der Waals surface area contributed by atoms with Gasteiger partial charge in [0.2, 0.25) is 0 Å². The summed E-state index contributed by atoms with van der Waals surface area (Å²) in [5.74, 6) is 8.23. The van der Waals surface area contributed by atoms with Crippen LogP contribution in [0.2, 0.25) is 0 Å². The van der Waals surface area contributed by atoms with Gasteiger partial charge in [-0.05, 0) is 122 Å². The minimum Gasteiger partial charge on any atom is -0.490 e. The zero-order valence-corrected chi connectivity index (χ0v) is 30.6. The Balaban J connectivity index is 0.000000257. The van der Waals surface area contributed by atoms with Crippen LogP contribution < -0.4 is 9.47 Å². The summed E-state index contributed by atoms with van der Waals surface area (Å²) >= 11 is 0. The molecule has 1 heterocycles. The standard InChI is InChI=1S/C22H30O2S.C20H24O2/c1-19(2)13-12-15-20(3)14-8-5-6-9-16-21(4)25(23,24)22-17-10-7-11-18-22;1-13-10-11-18-16(4)19(14(2)15(3)20(18)22-13)21-12-17-8-6-5-7-9-17/h7,10-11,13-14,17-18,21H,5,8,12,15-16H2,1-4H3;5-9,13H,10-12H2,1-4H3/b20-14+;. The highest BCUT2D eigenvalue weighted by molar-refractivity contribution is 7.92. The molecule has 0 aromatic heterocycles. The van der Waals surface area contributed by atoms with Crippen LogP contribution in [0.15, 0.2) is 88.9 Å². The highest BCUT2D eigenvalue weighted by Crippen LogP contribution is 2.41. The third kappa shape index (κ3) is 11.5. The van der Waals surface area contributed by atoms with Gasteiger partial charge in [0.05, 0.1) is 16.2 Å². The Kier molecular flexibility index (Phi) is 14.9. The summed E-state index contributed by atoms with van der Waals surface area (Å²) in [5, 5.41) is -0.483. The molecule has 0 fully saturated rings. The molecule has 0 amide bonds. The number of fused-ring (bicyclic) bond motifs is 1. The summed E-state index contributed by atoms with van der Waals surface area (Å²) in [5.41, 5.74) is 8.92. The van der Waals surface area contributed by atoms with E-state index in [4.69, 9.17) is 9.47 Å². The predicted molar refractivity (Wildman–Crippen MR) is 197 cm³/mol.